The molecule has 0 aromatic rings. The van der Waals surface area contributed by atoms with Gasteiger partial charge in [-0.25, -0.2) is 14.4 Å². The molecule has 8 bridgehead atoms. The average molecular weight is 551 g/mol. The molecule has 0 heterocycles. The van der Waals surface area contributed by atoms with Gasteiger partial charge >= 0.3 is 23.9 Å². The van der Waals surface area contributed by atoms with Crippen LogP contribution >= 0.6 is 0 Å². The first-order valence-electron chi connectivity index (χ1n) is 14.2. The third-order valence-corrected chi connectivity index (χ3v) is 9.93. The van der Waals surface area contributed by atoms with Gasteiger partial charge in [0.15, 0.2) is 19.3 Å². The Morgan fingerprint density at radius 2 is 1.05 bits per heavy atom. The summed E-state index contributed by atoms with van der Waals surface area (Å²) in [6.07, 6.45) is 5.88. The zero-order chi connectivity index (χ0) is 27.6. The summed E-state index contributed by atoms with van der Waals surface area (Å²) in [6.45, 7) is -1.39. The third kappa shape index (κ3) is 5.54. The number of hydrogen-bond donors (Lipinski definition) is 3. The van der Waals surface area contributed by atoms with E-state index >= 15 is 0 Å². The SMILES string of the molecule is O=C(CC(O)C(=O)OCC(=O)OC12CC3CC(CC(O)(C3)C1)C2)OCC(=O)OC12CC3CC(CC(O)(C3)C1)C2. The maximum Gasteiger partial charge on any atom is 0.344 e. The highest BCUT2D eigenvalue weighted by Gasteiger charge is 2.60. The fraction of sp³-hybridized carbons (Fsp3) is 0.857. The van der Waals surface area contributed by atoms with Crippen molar-refractivity contribution in [2.75, 3.05) is 13.2 Å². The van der Waals surface area contributed by atoms with E-state index in [2.05, 4.69) is 0 Å². The Morgan fingerprint density at radius 1 is 0.641 bits per heavy atom. The minimum atomic E-state index is -1.88. The van der Waals surface area contributed by atoms with Crippen LogP contribution in [0.25, 0.3) is 0 Å². The van der Waals surface area contributed by atoms with E-state index in [0.29, 0.717) is 62.2 Å². The molecule has 8 aliphatic carbocycles. The second kappa shape index (κ2) is 9.41. The van der Waals surface area contributed by atoms with Crippen molar-refractivity contribution in [1.29, 1.82) is 0 Å². The molecule has 0 radical (unpaired) electrons. The van der Waals surface area contributed by atoms with Gasteiger partial charge in [-0.3, -0.25) is 4.79 Å². The standard InChI is InChI=1S/C28H38O11/c29-20(24(33)37-13-23(32)39-28-10-18-2-19(11-28)7-26(35,6-18)15-28)3-21(30)36-12-22(31)38-27-8-16-1-17(9-27)5-25(34,4-16)14-27/h16-20,29,34-35H,1-15H2. The highest BCUT2D eigenvalue weighted by molar-refractivity contribution is 5.84. The second-order valence-electron chi connectivity index (χ2n) is 13.7. The van der Waals surface area contributed by atoms with Gasteiger partial charge in [0, 0.05) is 12.8 Å². The van der Waals surface area contributed by atoms with Gasteiger partial charge in [-0.2, -0.15) is 0 Å². The van der Waals surface area contributed by atoms with Crippen molar-refractivity contribution in [2.45, 2.75) is 112 Å². The third-order valence-electron chi connectivity index (χ3n) is 9.93. The second-order valence-corrected chi connectivity index (χ2v) is 13.7. The minimum Gasteiger partial charge on any atom is -0.456 e. The van der Waals surface area contributed by atoms with E-state index in [-0.39, 0.29) is 0 Å². The van der Waals surface area contributed by atoms with E-state index < -0.39 is 72.0 Å². The lowest BCUT2D eigenvalue weighted by atomic mass is 9.52. The van der Waals surface area contributed by atoms with Crippen LogP contribution in [0.5, 0.6) is 0 Å². The van der Waals surface area contributed by atoms with Crippen LogP contribution in [0.1, 0.15) is 83.5 Å². The fourth-order valence-corrected chi connectivity index (χ4v) is 9.71. The predicted molar refractivity (Wildman–Crippen MR) is 129 cm³/mol. The molecular weight excluding hydrogens is 512 g/mol. The van der Waals surface area contributed by atoms with Crippen LogP contribution < -0.4 is 0 Å². The Labute approximate surface area is 226 Å². The zero-order valence-electron chi connectivity index (χ0n) is 22.1. The lowest BCUT2D eigenvalue weighted by Crippen LogP contribution is -2.60. The molecule has 0 aromatic carbocycles. The summed E-state index contributed by atoms with van der Waals surface area (Å²) < 4.78 is 21.1. The van der Waals surface area contributed by atoms with Gasteiger partial charge in [-0.1, -0.05) is 0 Å². The van der Waals surface area contributed by atoms with Gasteiger partial charge in [0.05, 0.1) is 17.6 Å². The van der Waals surface area contributed by atoms with E-state index in [1.807, 2.05) is 0 Å². The molecule has 0 aliphatic heterocycles. The molecule has 8 fully saturated rings. The number of aliphatic hydroxyl groups is 3. The number of ether oxygens (including phenoxy) is 4. The summed E-state index contributed by atoms with van der Waals surface area (Å²) >= 11 is 0. The summed E-state index contributed by atoms with van der Waals surface area (Å²) in [7, 11) is 0. The maximum absolute atomic E-state index is 12.4. The molecule has 39 heavy (non-hydrogen) atoms. The molecule has 0 saturated heterocycles. The van der Waals surface area contributed by atoms with Gasteiger partial charge in [-0.15, -0.1) is 0 Å². The summed E-state index contributed by atoms with van der Waals surface area (Å²) in [5.74, 6) is -2.40. The summed E-state index contributed by atoms with van der Waals surface area (Å²) in [5.41, 5.74) is -3.07. The number of carbonyl (C=O) groups is 4. The lowest BCUT2D eigenvalue weighted by molar-refractivity contribution is -0.223. The molecule has 0 spiro atoms. The van der Waals surface area contributed by atoms with Crippen LogP contribution in [-0.2, 0) is 38.1 Å². The van der Waals surface area contributed by atoms with Crippen molar-refractivity contribution in [3.05, 3.63) is 0 Å². The fourth-order valence-electron chi connectivity index (χ4n) is 9.71. The molecule has 0 aromatic heterocycles. The van der Waals surface area contributed by atoms with Gasteiger partial charge in [0.25, 0.3) is 0 Å². The quantitative estimate of drug-likeness (QED) is 0.278. The number of rotatable bonds is 9. The Balaban J connectivity index is 0.909. The first kappa shape index (κ1) is 27.0. The molecule has 216 valence electrons. The average Bonchev–Trinajstić information content (AvgIpc) is 2.77. The Morgan fingerprint density at radius 3 is 1.46 bits per heavy atom. The summed E-state index contributed by atoms with van der Waals surface area (Å²) in [5, 5.41) is 31.6. The minimum absolute atomic E-state index is 0.315. The van der Waals surface area contributed by atoms with E-state index in [1.165, 1.54) is 0 Å². The highest BCUT2D eigenvalue weighted by Crippen LogP contribution is 2.60. The molecular formula is C28H38O11. The van der Waals surface area contributed by atoms with Crippen LogP contribution in [0, 0.1) is 23.7 Å². The first-order chi connectivity index (χ1) is 18.3. The molecule has 0 amide bonds. The molecule has 8 saturated carbocycles. The Bertz CT molecular complexity index is 1020. The first-order valence-corrected chi connectivity index (χ1v) is 14.2. The van der Waals surface area contributed by atoms with E-state index in [9.17, 15) is 34.5 Å². The van der Waals surface area contributed by atoms with Crippen LogP contribution in [0.4, 0.5) is 0 Å². The van der Waals surface area contributed by atoms with E-state index in [1.54, 1.807) is 0 Å². The zero-order valence-corrected chi connectivity index (χ0v) is 22.1. The monoisotopic (exact) mass is 550 g/mol. The number of aliphatic hydroxyl groups excluding tert-OH is 1. The lowest BCUT2D eigenvalue weighted by Gasteiger charge is -2.59. The van der Waals surface area contributed by atoms with Crippen molar-refractivity contribution >= 4 is 23.9 Å². The summed E-state index contributed by atoms with van der Waals surface area (Å²) in [4.78, 5) is 49.1. The van der Waals surface area contributed by atoms with Gasteiger partial charge < -0.3 is 34.3 Å². The van der Waals surface area contributed by atoms with E-state index in [0.717, 1.165) is 38.5 Å². The number of hydrogen-bond acceptors (Lipinski definition) is 11. The van der Waals surface area contributed by atoms with Crippen molar-refractivity contribution in [2.24, 2.45) is 23.7 Å². The van der Waals surface area contributed by atoms with Crippen molar-refractivity contribution in [3.63, 3.8) is 0 Å². The smallest absolute Gasteiger partial charge is 0.344 e. The molecule has 11 nitrogen and oxygen atoms in total. The van der Waals surface area contributed by atoms with E-state index in [4.69, 9.17) is 18.9 Å². The Hall–Kier alpha value is -2.24. The molecule has 8 rings (SSSR count). The molecule has 3 N–H and O–H groups in total. The molecule has 11 heteroatoms. The topological polar surface area (TPSA) is 166 Å². The molecule has 5 unspecified atom stereocenters. The van der Waals surface area contributed by atoms with Crippen molar-refractivity contribution < 1.29 is 53.4 Å². The predicted octanol–water partition coefficient (Wildman–Crippen LogP) is 1.08. The maximum atomic E-state index is 12.4. The Kier molecular flexibility index (Phi) is 6.50. The number of carbonyl (C=O) groups excluding carboxylic acids is 4. The van der Waals surface area contributed by atoms with Gasteiger partial charge in [0.1, 0.15) is 11.2 Å². The van der Waals surface area contributed by atoms with Crippen molar-refractivity contribution in [3.8, 4) is 0 Å². The normalized spacial score (nSPS) is 43.6. The van der Waals surface area contributed by atoms with Crippen LogP contribution in [0.3, 0.4) is 0 Å². The van der Waals surface area contributed by atoms with Gasteiger partial charge in [0.2, 0.25) is 0 Å². The molecule has 8 aliphatic rings. The molecule has 5 atom stereocenters. The van der Waals surface area contributed by atoms with Crippen LogP contribution in [0.2, 0.25) is 0 Å². The van der Waals surface area contributed by atoms with Gasteiger partial charge in [-0.05, 0) is 87.9 Å². The number of esters is 4. The summed E-state index contributed by atoms with van der Waals surface area (Å²) in [6, 6.07) is 0. The van der Waals surface area contributed by atoms with Crippen LogP contribution in [-0.4, -0.2) is 80.9 Å². The highest BCUT2D eigenvalue weighted by atomic mass is 16.6. The largest absolute Gasteiger partial charge is 0.456 e. The van der Waals surface area contributed by atoms with Crippen molar-refractivity contribution in [1.82, 2.24) is 0 Å². The van der Waals surface area contributed by atoms with Crippen LogP contribution in [0.15, 0.2) is 0 Å².